The van der Waals surface area contributed by atoms with E-state index in [9.17, 15) is 14.3 Å². The van der Waals surface area contributed by atoms with E-state index in [0.29, 0.717) is 35.7 Å². The van der Waals surface area contributed by atoms with Crippen molar-refractivity contribution < 1.29 is 19.0 Å². The van der Waals surface area contributed by atoms with E-state index in [1.54, 1.807) is 18.2 Å². The Hall–Kier alpha value is -3.93. The van der Waals surface area contributed by atoms with E-state index in [1.807, 2.05) is 53.2 Å². The van der Waals surface area contributed by atoms with Gasteiger partial charge in [0.05, 0.1) is 31.0 Å². The van der Waals surface area contributed by atoms with Gasteiger partial charge in [0.15, 0.2) is 0 Å². The highest BCUT2D eigenvalue weighted by molar-refractivity contribution is 5.76. The van der Waals surface area contributed by atoms with Crippen LogP contribution in [0.2, 0.25) is 0 Å². The van der Waals surface area contributed by atoms with Crippen LogP contribution in [0.4, 0.5) is 4.39 Å². The van der Waals surface area contributed by atoms with Crippen LogP contribution < -0.4 is 4.74 Å². The highest BCUT2D eigenvalue weighted by atomic mass is 19.1. The maximum atomic E-state index is 14.0. The summed E-state index contributed by atoms with van der Waals surface area (Å²) >= 11 is 0. The highest BCUT2D eigenvalue weighted by Gasteiger charge is 2.17. The summed E-state index contributed by atoms with van der Waals surface area (Å²) in [5.74, 6) is -0.572. The third-order valence-corrected chi connectivity index (χ3v) is 5.51. The van der Waals surface area contributed by atoms with Gasteiger partial charge in [-0.25, -0.2) is 4.39 Å². The van der Waals surface area contributed by atoms with E-state index in [-0.39, 0.29) is 12.2 Å². The molecular weight excluding hydrogens is 431 g/mol. The number of benzene rings is 3. The third kappa shape index (κ3) is 5.70. The van der Waals surface area contributed by atoms with E-state index in [2.05, 4.69) is 6.92 Å². The van der Waals surface area contributed by atoms with Gasteiger partial charge in [0, 0.05) is 11.1 Å². The lowest BCUT2D eigenvalue weighted by Gasteiger charge is -2.11. The third-order valence-electron chi connectivity index (χ3n) is 5.51. The number of unbranched alkanes of at least 4 members (excludes halogenated alkanes) is 1. The van der Waals surface area contributed by atoms with Crippen molar-refractivity contribution in [1.29, 1.82) is 0 Å². The Balaban J connectivity index is 1.81. The maximum Gasteiger partial charge on any atom is 0.307 e. The van der Waals surface area contributed by atoms with Crippen molar-refractivity contribution in [2.45, 2.75) is 32.7 Å². The largest absolute Gasteiger partial charge is 0.493 e. The van der Waals surface area contributed by atoms with Crippen LogP contribution in [0, 0.1) is 5.82 Å². The SMILES string of the molecule is CCCCOc1ccc(CC(=O)O)cc1-c1cc(-c2cccc(F)c2)n(Cc2ccccc2)n1. The van der Waals surface area contributed by atoms with Crippen LogP contribution in [0.5, 0.6) is 5.75 Å². The minimum atomic E-state index is -0.902. The monoisotopic (exact) mass is 458 g/mol. The van der Waals surface area contributed by atoms with Crippen molar-refractivity contribution in [2.75, 3.05) is 6.61 Å². The topological polar surface area (TPSA) is 64.3 Å². The van der Waals surface area contributed by atoms with Gasteiger partial charge in [0.2, 0.25) is 0 Å². The molecule has 5 nitrogen and oxygen atoms in total. The predicted molar refractivity (Wildman–Crippen MR) is 130 cm³/mol. The number of aliphatic carboxylic acids is 1. The van der Waals surface area contributed by atoms with Crippen LogP contribution >= 0.6 is 0 Å². The second-order valence-electron chi connectivity index (χ2n) is 8.17. The molecule has 0 amide bonds. The molecule has 1 N–H and O–H groups in total. The van der Waals surface area contributed by atoms with Crippen LogP contribution in [0.3, 0.4) is 0 Å². The molecule has 4 rings (SSSR count). The molecule has 0 spiro atoms. The number of ether oxygens (including phenoxy) is 1. The normalized spacial score (nSPS) is 10.9. The molecule has 0 fully saturated rings. The fourth-order valence-corrected chi connectivity index (χ4v) is 3.82. The molecular formula is C28H27FN2O3. The van der Waals surface area contributed by atoms with Gasteiger partial charge in [0.1, 0.15) is 11.6 Å². The van der Waals surface area contributed by atoms with Gasteiger partial charge < -0.3 is 9.84 Å². The van der Waals surface area contributed by atoms with Gasteiger partial charge in [0.25, 0.3) is 0 Å². The van der Waals surface area contributed by atoms with Crippen molar-refractivity contribution in [3.8, 4) is 28.3 Å². The zero-order chi connectivity index (χ0) is 23.9. The molecule has 0 bridgehead atoms. The molecule has 3 aromatic carbocycles. The summed E-state index contributed by atoms with van der Waals surface area (Å²) in [6, 6.07) is 23.7. The first-order valence-corrected chi connectivity index (χ1v) is 11.4. The first-order chi connectivity index (χ1) is 16.5. The first kappa shape index (κ1) is 23.2. The Labute approximate surface area is 198 Å². The van der Waals surface area contributed by atoms with Crippen LogP contribution in [0.1, 0.15) is 30.9 Å². The quantitative estimate of drug-likeness (QED) is 0.287. The minimum Gasteiger partial charge on any atom is -0.493 e. The van der Waals surface area contributed by atoms with Gasteiger partial charge >= 0.3 is 5.97 Å². The second-order valence-corrected chi connectivity index (χ2v) is 8.17. The number of rotatable bonds is 10. The summed E-state index contributed by atoms with van der Waals surface area (Å²) in [6.45, 7) is 3.16. The van der Waals surface area contributed by atoms with Gasteiger partial charge in [-0.2, -0.15) is 5.10 Å². The van der Waals surface area contributed by atoms with Crippen LogP contribution in [0.15, 0.2) is 78.9 Å². The Kier molecular flexibility index (Phi) is 7.38. The van der Waals surface area contributed by atoms with Crippen molar-refractivity contribution >= 4 is 5.97 Å². The summed E-state index contributed by atoms with van der Waals surface area (Å²) in [4.78, 5) is 11.3. The van der Waals surface area contributed by atoms with Crippen LogP contribution in [-0.4, -0.2) is 27.5 Å². The maximum absolute atomic E-state index is 14.0. The first-order valence-electron chi connectivity index (χ1n) is 11.4. The summed E-state index contributed by atoms with van der Waals surface area (Å²) < 4.78 is 21.9. The Morgan fingerprint density at radius 3 is 2.56 bits per heavy atom. The highest BCUT2D eigenvalue weighted by Crippen LogP contribution is 2.34. The molecule has 34 heavy (non-hydrogen) atoms. The summed E-state index contributed by atoms with van der Waals surface area (Å²) in [5.41, 5.74) is 4.57. The number of carboxylic acids is 1. The van der Waals surface area contributed by atoms with Crippen molar-refractivity contribution in [2.24, 2.45) is 0 Å². The lowest BCUT2D eigenvalue weighted by Crippen LogP contribution is -2.05. The number of halogens is 1. The Morgan fingerprint density at radius 2 is 1.82 bits per heavy atom. The molecule has 1 aromatic heterocycles. The lowest BCUT2D eigenvalue weighted by molar-refractivity contribution is -0.136. The molecule has 0 atom stereocenters. The number of hydrogen-bond acceptors (Lipinski definition) is 3. The molecule has 0 saturated heterocycles. The lowest BCUT2D eigenvalue weighted by atomic mass is 10.0. The van der Waals surface area contributed by atoms with E-state index in [1.165, 1.54) is 12.1 Å². The molecule has 4 aromatic rings. The van der Waals surface area contributed by atoms with Gasteiger partial charge in [-0.1, -0.05) is 61.9 Å². The smallest absolute Gasteiger partial charge is 0.307 e. The Bertz CT molecular complexity index is 1270. The van der Waals surface area contributed by atoms with E-state index in [4.69, 9.17) is 9.84 Å². The van der Waals surface area contributed by atoms with Crippen molar-refractivity contribution in [3.05, 3.63) is 95.8 Å². The molecule has 174 valence electrons. The summed E-state index contributed by atoms with van der Waals surface area (Å²) in [6.07, 6.45) is 1.82. The number of carbonyl (C=O) groups is 1. The number of nitrogens with zero attached hydrogens (tertiary/aromatic N) is 2. The van der Waals surface area contributed by atoms with Gasteiger partial charge in [-0.05, 0) is 47.9 Å². The standard InChI is InChI=1S/C28H27FN2O3/c1-2-3-14-34-27-13-12-21(16-28(32)33)15-24(27)25-18-26(22-10-7-11-23(29)17-22)31(30-25)19-20-8-5-4-6-9-20/h4-13,15,17-18H,2-3,14,16,19H2,1H3,(H,32,33). The molecule has 0 radical (unpaired) electrons. The second kappa shape index (κ2) is 10.8. The predicted octanol–water partition coefficient (Wildman–Crippen LogP) is 6.21. The number of hydrogen-bond donors (Lipinski definition) is 1. The Morgan fingerprint density at radius 1 is 1.00 bits per heavy atom. The van der Waals surface area contributed by atoms with Crippen LogP contribution in [0.25, 0.3) is 22.5 Å². The average molecular weight is 459 g/mol. The molecule has 0 aliphatic rings. The van der Waals surface area contributed by atoms with E-state index < -0.39 is 5.97 Å². The van der Waals surface area contributed by atoms with Gasteiger partial charge in [-0.3, -0.25) is 9.48 Å². The molecule has 0 aliphatic carbocycles. The fraction of sp³-hybridized carbons (Fsp3) is 0.214. The number of carboxylic acid groups (broad SMARTS) is 1. The van der Waals surface area contributed by atoms with Crippen molar-refractivity contribution in [3.63, 3.8) is 0 Å². The fourth-order valence-electron chi connectivity index (χ4n) is 3.82. The molecule has 0 aliphatic heterocycles. The van der Waals surface area contributed by atoms with Crippen molar-refractivity contribution in [1.82, 2.24) is 9.78 Å². The summed E-state index contributed by atoms with van der Waals surface area (Å²) in [5, 5.41) is 14.1. The molecule has 0 saturated carbocycles. The molecule has 0 unspecified atom stereocenters. The van der Waals surface area contributed by atoms with E-state index >= 15 is 0 Å². The average Bonchev–Trinajstić information content (AvgIpc) is 3.24. The van der Waals surface area contributed by atoms with Gasteiger partial charge in [-0.15, -0.1) is 0 Å². The minimum absolute atomic E-state index is 0.0935. The summed E-state index contributed by atoms with van der Waals surface area (Å²) in [7, 11) is 0. The number of aromatic nitrogens is 2. The molecule has 6 heteroatoms. The zero-order valence-corrected chi connectivity index (χ0v) is 19.1. The van der Waals surface area contributed by atoms with Crippen LogP contribution in [-0.2, 0) is 17.8 Å². The molecule has 1 heterocycles. The van der Waals surface area contributed by atoms with E-state index in [0.717, 1.165) is 29.7 Å². The zero-order valence-electron chi connectivity index (χ0n) is 19.1.